The van der Waals surface area contributed by atoms with E-state index >= 15 is 0 Å². The van der Waals surface area contributed by atoms with Gasteiger partial charge < -0.3 is 0 Å². The van der Waals surface area contributed by atoms with Crippen molar-refractivity contribution in [3.8, 4) is 0 Å². The third-order valence-corrected chi connectivity index (χ3v) is 5.62. The maximum absolute atomic E-state index is 12.3. The van der Waals surface area contributed by atoms with Crippen LogP contribution in [0.1, 0.15) is 30.4 Å². The number of halogens is 1. The zero-order valence-electron chi connectivity index (χ0n) is 10.0. The summed E-state index contributed by atoms with van der Waals surface area (Å²) in [4.78, 5) is 4.53. The zero-order chi connectivity index (χ0) is 13.5. The van der Waals surface area contributed by atoms with Crippen LogP contribution in [0.15, 0.2) is 33.6 Å². The minimum atomic E-state index is -3.42. The molecule has 1 aromatic carbocycles. The van der Waals surface area contributed by atoms with Crippen LogP contribution in [0.5, 0.6) is 0 Å². The predicted octanol–water partition coefficient (Wildman–Crippen LogP) is 2.42. The maximum atomic E-state index is 12.3. The molecule has 3 rings (SSSR count). The normalized spacial score (nSPS) is 15.6. The molecule has 1 aromatic heterocycles. The summed E-state index contributed by atoms with van der Waals surface area (Å²) in [5.41, 5.74) is 0. The van der Waals surface area contributed by atoms with Crippen LogP contribution in [0.4, 0.5) is 0 Å². The molecule has 2 aromatic rings. The SMILES string of the molecule is O=S(=O)(Cc1nc(C2CC2)n[nH]1)c1ccccc1Br. The van der Waals surface area contributed by atoms with Crippen molar-refractivity contribution in [3.63, 3.8) is 0 Å². The Bertz CT molecular complexity index is 707. The number of hydrogen-bond acceptors (Lipinski definition) is 4. The summed E-state index contributed by atoms with van der Waals surface area (Å²) >= 11 is 3.26. The fraction of sp³-hybridized carbons (Fsp3) is 0.333. The molecule has 0 spiro atoms. The quantitative estimate of drug-likeness (QED) is 0.926. The Morgan fingerprint density at radius 3 is 2.74 bits per heavy atom. The Morgan fingerprint density at radius 2 is 2.05 bits per heavy atom. The highest BCUT2D eigenvalue weighted by molar-refractivity contribution is 9.10. The van der Waals surface area contributed by atoms with Crippen LogP contribution in [0.3, 0.4) is 0 Å². The average Bonchev–Trinajstić information content (AvgIpc) is 3.11. The van der Waals surface area contributed by atoms with E-state index in [0.717, 1.165) is 18.7 Å². The summed E-state index contributed by atoms with van der Waals surface area (Å²) in [5.74, 6) is 1.39. The van der Waals surface area contributed by atoms with Gasteiger partial charge in [0.15, 0.2) is 15.7 Å². The van der Waals surface area contributed by atoms with E-state index in [1.54, 1.807) is 24.3 Å². The van der Waals surface area contributed by atoms with Gasteiger partial charge in [-0.15, -0.1) is 0 Å². The van der Waals surface area contributed by atoms with E-state index in [1.807, 2.05) is 0 Å². The number of sulfone groups is 1. The van der Waals surface area contributed by atoms with E-state index in [1.165, 1.54) is 0 Å². The molecule has 1 saturated carbocycles. The van der Waals surface area contributed by atoms with E-state index < -0.39 is 9.84 Å². The number of aromatic amines is 1. The highest BCUT2D eigenvalue weighted by Gasteiger charge is 2.28. The van der Waals surface area contributed by atoms with E-state index in [0.29, 0.717) is 16.2 Å². The highest BCUT2D eigenvalue weighted by atomic mass is 79.9. The maximum Gasteiger partial charge on any atom is 0.186 e. The van der Waals surface area contributed by atoms with Gasteiger partial charge in [-0.3, -0.25) is 5.10 Å². The van der Waals surface area contributed by atoms with Gasteiger partial charge in [-0.2, -0.15) is 5.10 Å². The number of hydrogen-bond donors (Lipinski definition) is 1. The van der Waals surface area contributed by atoms with Crippen LogP contribution in [-0.4, -0.2) is 23.6 Å². The average molecular weight is 342 g/mol. The number of rotatable bonds is 4. The van der Waals surface area contributed by atoms with Crippen molar-refractivity contribution >= 4 is 25.8 Å². The molecule has 100 valence electrons. The number of aromatic nitrogens is 3. The van der Waals surface area contributed by atoms with Gasteiger partial charge >= 0.3 is 0 Å². The summed E-state index contributed by atoms with van der Waals surface area (Å²) in [7, 11) is -3.42. The highest BCUT2D eigenvalue weighted by Crippen LogP contribution is 2.37. The first kappa shape index (κ1) is 12.8. The molecule has 0 saturated heterocycles. The molecule has 5 nitrogen and oxygen atoms in total. The van der Waals surface area contributed by atoms with Crippen molar-refractivity contribution in [2.45, 2.75) is 29.4 Å². The molecule has 1 aliphatic carbocycles. The summed E-state index contributed by atoms with van der Waals surface area (Å²) in [6.45, 7) is 0. The van der Waals surface area contributed by atoms with Crippen molar-refractivity contribution in [1.82, 2.24) is 15.2 Å². The van der Waals surface area contributed by atoms with Crippen molar-refractivity contribution in [2.75, 3.05) is 0 Å². The lowest BCUT2D eigenvalue weighted by Gasteiger charge is -2.04. The van der Waals surface area contributed by atoms with Crippen molar-refractivity contribution < 1.29 is 8.42 Å². The van der Waals surface area contributed by atoms with Gasteiger partial charge in [0, 0.05) is 10.4 Å². The smallest absolute Gasteiger partial charge is 0.186 e. The van der Waals surface area contributed by atoms with Crippen molar-refractivity contribution in [3.05, 3.63) is 40.4 Å². The third kappa shape index (κ3) is 2.71. The lowest BCUT2D eigenvalue weighted by atomic mass is 10.4. The molecule has 0 unspecified atom stereocenters. The lowest BCUT2D eigenvalue weighted by molar-refractivity contribution is 0.593. The number of benzene rings is 1. The zero-order valence-corrected chi connectivity index (χ0v) is 12.4. The van der Waals surface area contributed by atoms with Gasteiger partial charge in [0.25, 0.3) is 0 Å². The molecule has 1 heterocycles. The molecule has 7 heteroatoms. The fourth-order valence-electron chi connectivity index (χ4n) is 1.85. The monoisotopic (exact) mass is 341 g/mol. The lowest BCUT2D eigenvalue weighted by Crippen LogP contribution is -2.07. The molecule has 19 heavy (non-hydrogen) atoms. The van der Waals surface area contributed by atoms with Crippen LogP contribution in [0.25, 0.3) is 0 Å². The van der Waals surface area contributed by atoms with E-state index in [2.05, 4.69) is 31.1 Å². The van der Waals surface area contributed by atoms with Gasteiger partial charge in [-0.25, -0.2) is 13.4 Å². The first-order valence-corrected chi connectivity index (χ1v) is 8.39. The molecule has 0 atom stereocenters. The predicted molar refractivity (Wildman–Crippen MR) is 73.4 cm³/mol. The summed E-state index contributed by atoms with van der Waals surface area (Å²) in [6.07, 6.45) is 2.18. The fourth-order valence-corrected chi connectivity index (χ4v) is 4.17. The van der Waals surface area contributed by atoms with Crippen LogP contribution in [0.2, 0.25) is 0 Å². The molecule has 1 fully saturated rings. The van der Waals surface area contributed by atoms with E-state index in [-0.39, 0.29) is 10.6 Å². The molecular weight excluding hydrogens is 330 g/mol. The Kier molecular flexibility index (Phi) is 3.18. The summed E-state index contributed by atoms with van der Waals surface area (Å²) in [6, 6.07) is 6.77. The first-order valence-electron chi connectivity index (χ1n) is 5.95. The number of nitrogens with zero attached hydrogens (tertiary/aromatic N) is 2. The minimum absolute atomic E-state index is 0.157. The van der Waals surface area contributed by atoms with Crippen LogP contribution in [0, 0.1) is 0 Å². The molecule has 0 amide bonds. The Balaban J connectivity index is 1.86. The molecule has 0 bridgehead atoms. The molecular formula is C12H12BrN3O2S. The summed E-state index contributed by atoms with van der Waals surface area (Å²) in [5, 5.41) is 6.78. The molecule has 0 aliphatic heterocycles. The topological polar surface area (TPSA) is 75.7 Å². The number of H-pyrrole nitrogens is 1. The third-order valence-electron chi connectivity index (χ3n) is 2.99. The Hall–Kier alpha value is -1.21. The van der Waals surface area contributed by atoms with Crippen LogP contribution >= 0.6 is 15.9 Å². The van der Waals surface area contributed by atoms with Crippen molar-refractivity contribution in [1.29, 1.82) is 0 Å². The molecule has 0 radical (unpaired) electrons. The summed E-state index contributed by atoms with van der Waals surface area (Å²) < 4.78 is 25.2. The molecule has 1 N–H and O–H groups in total. The largest absolute Gasteiger partial charge is 0.262 e. The van der Waals surface area contributed by atoms with Gasteiger partial charge in [0.1, 0.15) is 11.6 Å². The first-order chi connectivity index (χ1) is 9.06. The molecule has 1 aliphatic rings. The van der Waals surface area contributed by atoms with Gasteiger partial charge in [-0.1, -0.05) is 12.1 Å². The van der Waals surface area contributed by atoms with E-state index in [9.17, 15) is 8.42 Å². The minimum Gasteiger partial charge on any atom is -0.262 e. The Morgan fingerprint density at radius 1 is 1.32 bits per heavy atom. The van der Waals surface area contributed by atoms with Crippen LogP contribution in [-0.2, 0) is 15.6 Å². The second kappa shape index (κ2) is 4.72. The number of nitrogens with one attached hydrogen (secondary N) is 1. The second-order valence-corrected chi connectivity index (χ2v) is 7.42. The van der Waals surface area contributed by atoms with Gasteiger partial charge in [0.2, 0.25) is 0 Å². The Labute approximate surface area is 119 Å². The van der Waals surface area contributed by atoms with Gasteiger partial charge in [0.05, 0.1) is 4.90 Å². The van der Waals surface area contributed by atoms with E-state index in [4.69, 9.17) is 0 Å². The van der Waals surface area contributed by atoms with Crippen molar-refractivity contribution in [2.24, 2.45) is 0 Å². The second-order valence-electron chi connectivity index (χ2n) is 4.60. The van der Waals surface area contributed by atoms with Gasteiger partial charge in [-0.05, 0) is 40.9 Å². The standard InChI is InChI=1S/C12H12BrN3O2S/c13-9-3-1-2-4-10(9)19(17,18)7-11-14-12(16-15-11)8-5-6-8/h1-4,8H,5-7H2,(H,14,15,16). The van der Waals surface area contributed by atoms with Crippen LogP contribution < -0.4 is 0 Å².